The zero-order valence-electron chi connectivity index (χ0n) is 7.38. The van der Waals surface area contributed by atoms with E-state index in [4.69, 9.17) is 5.11 Å². The molecule has 0 amide bonds. The summed E-state index contributed by atoms with van der Waals surface area (Å²) in [6.07, 6.45) is 1.25. The standard InChI is InChI=1S/C9H6BrNO3S/c10-8-5-11-9(15(8,13)14)6-1-3-7(12)4-2-6/h1-5,12H. The number of phenolic OH excluding ortho intramolecular Hbond substituents is 1. The number of rotatable bonds is 1. The van der Waals surface area contributed by atoms with Gasteiger partial charge in [-0.25, -0.2) is 13.4 Å². The fourth-order valence-corrected chi connectivity index (χ4v) is 2.75. The molecule has 78 valence electrons. The quantitative estimate of drug-likeness (QED) is 0.856. The van der Waals surface area contributed by atoms with Crippen LogP contribution in [0.5, 0.6) is 5.75 Å². The fourth-order valence-electron chi connectivity index (χ4n) is 1.17. The zero-order chi connectivity index (χ0) is 11.1. The van der Waals surface area contributed by atoms with Crippen molar-refractivity contribution in [3.63, 3.8) is 0 Å². The Morgan fingerprint density at radius 2 is 1.80 bits per heavy atom. The van der Waals surface area contributed by atoms with Crippen LogP contribution in [0.2, 0.25) is 0 Å². The monoisotopic (exact) mass is 287 g/mol. The summed E-state index contributed by atoms with van der Waals surface area (Å²) in [6, 6.07) is 5.84. The second-order valence-corrected chi connectivity index (χ2v) is 6.13. The normalized spacial score (nSPS) is 18.5. The zero-order valence-corrected chi connectivity index (χ0v) is 9.79. The Bertz CT molecular complexity index is 558. The van der Waals surface area contributed by atoms with Crippen molar-refractivity contribution in [3.05, 3.63) is 39.8 Å². The molecule has 0 fully saturated rings. The van der Waals surface area contributed by atoms with Gasteiger partial charge in [0.25, 0.3) is 0 Å². The molecule has 4 nitrogen and oxygen atoms in total. The molecule has 0 aromatic heterocycles. The van der Waals surface area contributed by atoms with Crippen molar-refractivity contribution in [1.82, 2.24) is 0 Å². The van der Waals surface area contributed by atoms with E-state index < -0.39 is 9.84 Å². The summed E-state index contributed by atoms with van der Waals surface area (Å²) in [4.78, 5) is 3.81. The lowest BCUT2D eigenvalue weighted by atomic mass is 10.2. The van der Waals surface area contributed by atoms with Crippen molar-refractivity contribution in [2.24, 2.45) is 4.99 Å². The summed E-state index contributed by atoms with van der Waals surface area (Å²) < 4.78 is 23.4. The van der Waals surface area contributed by atoms with E-state index in [9.17, 15) is 8.42 Å². The van der Waals surface area contributed by atoms with Gasteiger partial charge in [0.1, 0.15) is 9.56 Å². The van der Waals surface area contributed by atoms with Gasteiger partial charge in [-0.15, -0.1) is 0 Å². The molecule has 1 aliphatic rings. The van der Waals surface area contributed by atoms with Gasteiger partial charge in [0.05, 0.1) is 6.20 Å². The molecule has 1 N–H and O–H groups in total. The lowest BCUT2D eigenvalue weighted by Crippen LogP contribution is -2.11. The topological polar surface area (TPSA) is 66.7 Å². The van der Waals surface area contributed by atoms with Crippen LogP contribution in [-0.4, -0.2) is 18.6 Å². The first-order chi connectivity index (χ1) is 7.01. The molecule has 6 heteroatoms. The molecule has 0 saturated carbocycles. The third-order valence-corrected chi connectivity index (χ3v) is 4.86. The molecule has 0 spiro atoms. The maximum atomic E-state index is 11.7. The van der Waals surface area contributed by atoms with E-state index in [1.165, 1.54) is 30.5 Å². The van der Waals surface area contributed by atoms with Gasteiger partial charge in [-0.3, -0.25) is 0 Å². The van der Waals surface area contributed by atoms with Crippen molar-refractivity contribution in [2.45, 2.75) is 0 Å². The highest BCUT2D eigenvalue weighted by Crippen LogP contribution is 2.26. The van der Waals surface area contributed by atoms with Crippen LogP contribution in [0.15, 0.2) is 39.3 Å². The Labute approximate surface area is 95.0 Å². The minimum absolute atomic E-state index is 0.00521. The number of halogens is 1. The van der Waals surface area contributed by atoms with Crippen molar-refractivity contribution >= 4 is 30.8 Å². The smallest absolute Gasteiger partial charge is 0.232 e. The second kappa shape index (κ2) is 3.46. The minimum Gasteiger partial charge on any atom is -0.508 e. The molecule has 1 aliphatic heterocycles. The summed E-state index contributed by atoms with van der Waals surface area (Å²) in [6.45, 7) is 0. The van der Waals surface area contributed by atoms with Gasteiger partial charge >= 0.3 is 0 Å². The maximum Gasteiger partial charge on any atom is 0.232 e. The van der Waals surface area contributed by atoms with E-state index in [0.717, 1.165) is 0 Å². The number of nitrogens with zero attached hydrogens (tertiary/aromatic N) is 1. The van der Waals surface area contributed by atoms with E-state index in [-0.39, 0.29) is 14.6 Å². The Kier molecular flexibility index (Phi) is 2.40. The molecule has 1 aromatic rings. The average molecular weight is 288 g/mol. The van der Waals surface area contributed by atoms with Gasteiger partial charge in [0.15, 0.2) is 5.04 Å². The first kappa shape index (κ1) is 10.4. The largest absolute Gasteiger partial charge is 0.508 e. The number of aliphatic imine (C=N–C) groups is 1. The van der Waals surface area contributed by atoms with Gasteiger partial charge in [0.2, 0.25) is 9.84 Å². The lowest BCUT2D eigenvalue weighted by Gasteiger charge is -2.01. The molecule has 0 radical (unpaired) electrons. The summed E-state index contributed by atoms with van der Waals surface area (Å²) in [7, 11) is -3.49. The fraction of sp³-hybridized carbons (Fsp3) is 0. The van der Waals surface area contributed by atoms with Crippen LogP contribution in [0.3, 0.4) is 0 Å². The van der Waals surface area contributed by atoms with Gasteiger partial charge in [-0.2, -0.15) is 0 Å². The molecule has 2 rings (SSSR count). The van der Waals surface area contributed by atoms with Crippen LogP contribution in [0.4, 0.5) is 0 Å². The molecule has 0 bridgehead atoms. The molecule has 1 heterocycles. The van der Waals surface area contributed by atoms with E-state index in [1.54, 1.807) is 0 Å². The third-order valence-electron chi connectivity index (χ3n) is 1.91. The van der Waals surface area contributed by atoms with Crippen LogP contribution in [0.25, 0.3) is 0 Å². The summed E-state index contributed by atoms with van der Waals surface area (Å²) >= 11 is 2.92. The van der Waals surface area contributed by atoms with Gasteiger partial charge in [-0.1, -0.05) is 0 Å². The Hall–Kier alpha value is -1.14. The highest BCUT2D eigenvalue weighted by molar-refractivity contribution is 9.14. The van der Waals surface area contributed by atoms with Crippen molar-refractivity contribution in [1.29, 1.82) is 0 Å². The molecular formula is C9H6BrNO3S. The Balaban J connectivity index is 2.49. The van der Waals surface area contributed by atoms with Crippen LogP contribution in [0, 0.1) is 0 Å². The lowest BCUT2D eigenvalue weighted by molar-refractivity contribution is 0.475. The number of phenols is 1. The van der Waals surface area contributed by atoms with Crippen LogP contribution in [-0.2, 0) is 9.84 Å². The third kappa shape index (κ3) is 1.70. The van der Waals surface area contributed by atoms with Crippen molar-refractivity contribution in [3.8, 4) is 5.75 Å². The van der Waals surface area contributed by atoms with Crippen molar-refractivity contribution < 1.29 is 13.5 Å². The predicted molar refractivity (Wildman–Crippen MR) is 60.6 cm³/mol. The maximum absolute atomic E-state index is 11.7. The van der Waals surface area contributed by atoms with E-state index >= 15 is 0 Å². The van der Waals surface area contributed by atoms with Crippen LogP contribution < -0.4 is 0 Å². The highest BCUT2D eigenvalue weighted by atomic mass is 79.9. The molecule has 1 aromatic carbocycles. The number of aromatic hydroxyl groups is 1. The number of sulfone groups is 1. The van der Waals surface area contributed by atoms with Gasteiger partial charge in [0, 0.05) is 5.56 Å². The number of hydrogen-bond acceptors (Lipinski definition) is 4. The van der Waals surface area contributed by atoms with E-state index in [2.05, 4.69) is 20.9 Å². The molecule has 0 saturated heterocycles. The first-order valence-electron chi connectivity index (χ1n) is 4.00. The van der Waals surface area contributed by atoms with Crippen LogP contribution >= 0.6 is 15.9 Å². The summed E-state index contributed by atoms with van der Waals surface area (Å²) in [5.41, 5.74) is 0.457. The molecule has 0 aliphatic carbocycles. The molecular weight excluding hydrogens is 282 g/mol. The highest BCUT2D eigenvalue weighted by Gasteiger charge is 2.28. The minimum atomic E-state index is -3.49. The van der Waals surface area contributed by atoms with Gasteiger partial charge in [-0.05, 0) is 40.2 Å². The number of benzene rings is 1. The molecule has 15 heavy (non-hydrogen) atoms. The van der Waals surface area contributed by atoms with E-state index in [1.807, 2.05) is 0 Å². The number of hydrogen-bond donors (Lipinski definition) is 1. The molecule has 0 atom stereocenters. The van der Waals surface area contributed by atoms with Gasteiger partial charge < -0.3 is 5.11 Å². The van der Waals surface area contributed by atoms with Crippen LogP contribution in [0.1, 0.15) is 5.56 Å². The average Bonchev–Trinajstić information content (AvgIpc) is 2.44. The Morgan fingerprint density at radius 3 is 2.27 bits per heavy atom. The summed E-state index contributed by atoms with van der Waals surface area (Å²) in [5.74, 6) is 0.0850. The van der Waals surface area contributed by atoms with E-state index in [0.29, 0.717) is 5.56 Å². The first-order valence-corrected chi connectivity index (χ1v) is 6.27. The molecule has 0 unspecified atom stereocenters. The predicted octanol–water partition coefficient (Wildman–Crippen LogP) is 1.76. The summed E-state index contributed by atoms with van der Waals surface area (Å²) in [5, 5.41) is 9.06. The second-order valence-electron chi connectivity index (χ2n) is 2.92. The van der Waals surface area contributed by atoms with Crippen molar-refractivity contribution in [2.75, 3.05) is 0 Å². The SMILES string of the molecule is O=S1(=O)C(Br)=CN=C1c1ccc(O)cc1. The Morgan fingerprint density at radius 1 is 1.20 bits per heavy atom.